The average Bonchev–Trinajstić information content (AvgIpc) is 3.10. The number of carboxylic acids is 1. The van der Waals surface area contributed by atoms with Crippen LogP contribution in [0, 0.1) is 0 Å². The topological polar surface area (TPSA) is 97.2 Å². The number of thiophene rings is 1. The highest BCUT2D eigenvalue weighted by molar-refractivity contribution is 7.12. The number of carboxylic acid groups (broad SMARTS) is 1. The molecule has 2 aromatic rings. The molecule has 0 aliphatic carbocycles. The minimum absolute atomic E-state index is 0.240. The van der Waals surface area contributed by atoms with E-state index in [9.17, 15) is 9.59 Å². The van der Waals surface area contributed by atoms with Crippen LogP contribution in [0.3, 0.4) is 0 Å². The Balaban J connectivity index is 2.18. The van der Waals surface area contributed by atoms with E-state index in [1.54, 1.807) is 35.7 Å². The highest BCUT2D eigenvalue weighted by Crippen LogP contribution is 2.31. The summed E-state index contributed by atoms with van der Waals surface area (Å²) in [4.78, 5) is 23.4. The summed E-state index contributed by atoms with van der Waals surface area (Å²) in [7, 11) is 1.45. The summed E-state index contributed by atoms with van der Waals surface area (Å²) in [5.41, 5.74) is 2.88. The highest BCUT2D eigenvalue weighted by atomic mass is 32.1. The fourth-order valence-corrected chi connectivity index (χ4v) is 2.39. The summed E-state index contributed by atoms with van der Waals surface area (Å²) in [5.74, 6) is -0.819. The highest BCUT2D eigenvalue weighted by Gasteiger charge is 2.18. The lowest BCUT2D eigenvalue weighted by atomic mass is 10.2. The first kappa shape index (κ1) is 17.5. The molecule has 0 unspecified atom stereocenters. The summed E-state index contributed by atoms with van der Waals surface area (Å²) in [5, 5.41) is 14.7. The molecule has 2 N–H and O–H groups in total. The van der Waals surface area contributed by atoms with E-state index in [1.807, 2.05) is 0 Å². The molecule has 0 spiro atoms. The van der Waals surface area contributed by atoms with Gasteiger partial charge >= 0.3 is 5.97 Å². The molecule has 1 heterocycles. The Morgan fingerprint density at radius 2 is 2.12 bits per heavy atom. The number of amides is 1. The first-order chi connectivity index (χ1) is 11.5. The zero-order valence-corrected chi connectivity index (χ0v) is 13.9. The van der Waals surface area contributed by atoms with E-state index in [0.29, 0.717) is 16.2 Å². The number of aliphatic carboxylic acids is 1. The van der Waals surface area contributed by atoms with Gasteiger partial charge in [0.05, 0.1) is 18.2 Å². The van der Waals surface area contributed by atoms with Crippen LogP contribution in [0.25, 0.3) is 0 Å². The number of hydrogen-bond acceptors (Lipinski definition) is 6. The van der Waals surface area contributed by atoms with E-state index < -0.39 is 12.1 Å². The predicted molar refractivity (Wildman–Crippen MR) is 90.1 cm³/mol. The minimum atomic E-state index is -1.10. The maximum Gasteiger partial charge on any atom is 0.344 e. The van der Waals surface area contributed by atoms with Gasteiger partial charge in [0.1, 0.15) is 0 Å². The smallest absolute Gasteiger partial charge is 0.344 e. The van der Waals surface area contributed by atoms with Gasteiger partial charge in [-0.05, 0) is 30.5 Å². The Morgan fingerprint density at radius 1 is 1.33 bits per heavy atom. The van der Waals surface area contributed by atoms with E-state index in [1.165, 1.54) is 31.6 Å². The molecule has 8 heteroatoms. The van der Waals surface area contributed by atoms with Gasteiger partial charge in [-0.15, -0.1) is 11.3 Å². The third kappa shape index (κ3) is 4.32. The molecule has 0 bridgehead atoms. The van der Waals surface area contributed by atoms with Crippen molar-refractivity contribution in [3.05, 3.63) is 46.2 Å². The molecular weight excluding hydrogens is 332 g/mol. The molecular formula is C16H16N2O5S. The van der Waals surface area contributed by atoms with E-state index in [-0.39, 0.29) is 11.7 Å². The number of methoxy groups -OCH3 is 1. The summed E-state index contributed by atoms with van der Waals surface area (Å²) in [6.45, 7) is 1.41. The Morgan fingerprint density at radius 3 is 2.75 bits per heavy atom. The summed E-state index contributed by atoms with van der Waals surface area (Å²) in [6, 6.07) is 8.48. The SMILES string of the molecule is COc1cccc(/C=N/NC(=O)c2cccs2)c1O[C@@H](C)C(=O)O. The second-order valence-electron chi connectivity index (χ2n) is 4.65. The number of hydrazone groups is 1. The van der Waals surface area contributed by atoms with Crippen LogP contribution >= 0.6 is 11.3 Å². The molecule has 0 saturated heterocycles. The van der Waals surface area contributed by atoms with Crippen molar-refractivity contribution >= 4 is 29.4 Å². The maximum absolute atomic E-state index is 11.8. The molecule has 7 nitrogen and oxygen atoms in total. The van der Waals surface area contributed by atoms with Crippen molar-refractivity contribution in [2.75, 3.05) is 7.11 Å². The van der Waals surface area contributed by atoms with Gasteiger partial charge in [-0.2, -0.15) is 5.10 Å². The number of nitrogens with one attached hydrogen (secondary N) is 1. The van der Waals surface area contributed by atoms with Crippen LogP contribution in [0.4, 0.5) is 0 Å². The molecule has 24 heavy (non-hydrogen) atoms. The van der Waals surface area contributed by atoms with Gasteiger partial charge in [0.2, 0.25) is 0 Å². The maximum atomic E-state index is 11.8. The van der Waals surface area contributed by atoms with Crippen molar-refractivity contribution in [3.63, 3.8) is 0 Å². The monoisotopic (exact) mass is 348 g/mol. The Bertz CT molecular complexity index is 743. The Hall–Kier alpha value is -2.87. The average molecular weight is 348 g/mol. The molecule has 2 rings (SSSR count). The zero-order valence-electron chi connectivity index (χ0n) is 13.1. The zero-order chi connectivity index (χ0) is 17.5. The van der Waals surface area contributed by atoms with Gasteiger partial charge in [-0.1, -0.05) is 12.1 Å². The minimum Gasteiger partial charge on any atom is -0.493 e. The molecule has 1 aromatic carbocycles. The standard InChI is InChI=1S/C16H16N2O5S/c1-10(16(20)21)23-14-11(5-3-6-12(14)22-2)9-17-18-15(19)13-7-4-8-24-13/h3-10H,1-2H3,(H,18,19)(H,20,21)/b17-9+/t10-/m0/s1. The molecule has 1 atom stereocenters. The number of rotatable bonds is 7. The van der Waals surface area contributed by atoms with Crippen LogP contribution in [0.2, 0.25) is 0 Å². The van der Waals surface area contributed by atoms with Gasteiger partial charge in [-0.25, -0.2) is 10.2 Å². The van der Waals surface area contributed by atoms with Crippen LogP contribution in [-0.4, -0.2) is 36.4 Å². The Kier molecular flexibility index (Phi) is 5.91. The van der Waals surface area contributed by atoms with Gasteiger partial charge in [0.15, 0.2) is 17.6 Å². The van der Waals surface area contributed by atoms with Crippen molar-refractivity contribution in [1.29, 1.82) is 0 Å². The molecule has 1 aromatic heterocycles. The molecule has 0 fully saturated rings. The lowest BCUT2D eigenvalue weighted by Crippen LogP contribution is -2.23. The van der Waals surface area contributed by atoms with Gasteiger partial charge in [-0.3, -0.25) is 4.79 Å². The number of hydrogen-bond donors (Lipinski definition) is 2. The largest absolute Gasteiger partial charge is 0.493 e. The lowest BCUT2D eigenvalue weighted by molar-refractivity contribution is -0.144. The summed E-state index contributed by atoms with van der Waals surface area (Å²) >= 11 is 1.30. The fourth-order valence-electron chi connectivity index (χ4n) is 1.77. The molecule has 0 aliphatic heterocycles. The third-order valence-electron chi connectivity index (χ3n) is 2.99. The summed E-state index contributed by atoms with van der Waals surface area (Å²) < 4.78 is 10.6. The van der Waals surface area contributed by atoms with Crippen LogP contribution in [0.15, 0.2) is 40.8 Å². The normalized spacial score (nSPS) is 11.9. The molecule has 0 saturated carbocycles. The molecule has 126 valence electrons. The summed E-state index contributed by atoms with van der Waals surface area (Å²) in [6.07, 6.45) is 0.312. The molecule has 0 radical (unpaired) electrons. The van der Waals surface area contributed by atoms with E-state index in [0.717, 1.165) is 0 Å². The van der Waals surface area contributed by atoms with Crippen molar-refractivity contribution in [2.24, 2.45) is 5.10 Å². The van der Waals surface area contributed by atoms with Crippen molar-refractivity contribution in [3.8, 4) is 11.5 Å². The quantitative estimate of drug-likeness (QED) is 0.591. The molecule has 1 amide bonds. The fraction of sp³-hybridized carbons (Fsp3) is 0.188. The van der Waals surface area contributed by atoms with E-state index in [4.69, 9.17) is 14.6 Å². The van der Waals surface area contributed by atoms with Crippen LogP contribution in [0.5, 0.6) is 11.5 Å². The number of carbonyl (C=O) groups excluding carboxylic acids is 1. The Labute approximate surface area is 142 Å². The second-order valence-corrected chi connectivity index (χ2v) is 5.60. The van der Waals surface area contributed by atoms with Gasteiger partial charge in [0.25, 0.3) is 5.91 Å². The van der Waals surface area contributed by atoms with Gasteiger partial charge < -0.3 is 14.6 Å². The number of benzene rings is 1. The second kappa shape index (κ2) is 8.11. The first-order valence-corrected chi connectivity index (χ1v) is 7.84. The van der Waals surface area contributed by atoms with E-state index in [2.05, 4.69) is 10.5 Å². The van der Waals surface area contributed by atoms with Crippen LogP contribution in [-0.2, 0) is 4.79 Å². The predicted octanol–water partition coefficient (Wildman–Crippen LogP) is 2.37. The van der Waals surface area contributed by atoms with Crippen molar-refractivity contribution in [1.82, 2.24) is 5.43 Å². The number of carbonyl (C=O) groups is 2. The van der Waals surface area contributed by atoms with Crippen LogP contribution in [0.1, 0.15) is 22.2 Å². The number of ether oxygens (including phenoxy) is 2. The van der Waals surface area contributed by atoms with Crippen LogP contribution < -0.4 is 14.9 Å². The lowest BCUT2D eigenvalue weighted by Gasteiger charge is -2.15. The van der Waals surface area contributed by atoms with Crippen molar-refractivity contribution < 1.29 is 24.2 Å². The van der Waals surface area contributed by atoms with E-state index >= 15 is 0 Å². The molecule has 0 aliphatic rings. The van der Waals surface area contributed by atoms with Crippen molar-refractivity contribution in [2.45, 2.75) is 13.0 Å². The first-order valence-electron chi connectivity index (χ1n) is 6.96. The number of nitrogens with zero attached hydrogens (tertiary/aromatic N) is 1. The number of para-hydroxylation sites is 1. The third-order valence-corrected chi connectivity index (χ3v) is 3.85. The van der Waals surface area contributed by atoms with Gasteiger partial charge in [0, 0.05) is 5.56 Å².